The van der Waals surface area contributed by atoms with Crippen molar-refractivity contribution in [1.82, 2.24) is 9.88 Å². The topological polar surface area (TPSA) is 26.2 Å². The Kier molecular flexibility index (Phi) is 4.75. The summed E-state index contributed by atoms with van der Waals surface area (Å²) in [5.74, 6) is 1.61. The third-order valence-electron chi connectivity index (χ3n) is 5.40. The highest BCUT2D eigenvalue weighted by atomic mass is 16.5. The Hall–Kier alpha value is -2.26. The van der Waals surface area contributed by atoms with Gasteiger partial charge in [0, 0.05) is 23.6 Å². The molecule has 2 heterocycles. The molecule has 0 aliphatic carbocycles. The van der Waals surface area contributed by atoms with Crippen molar-refractivity contribution in [2.75, 3.05) is 20.2 Å². The van der Waals surface area contributed by atoms with Gasteiger partial charge in [-0.1, -0.05) is 30.3 Å². The first-order chi connectivity index (χ1) is 12.3. The van der Waals surface area contributed by atoms with E-state index in [1.807, 2.05) is 12.1 Å². The SMILES string of the molecule is COc1ccc(CCn2cc(C3CCNCC3)c3ccccc32)cc1. The predicted molar refractivity (Wildman–Crippen MR) is 103 cm³/mol. The Morgan fingerprint density at radius 3 is 2.56 bits per heavy atom. The fourth-order valence-corrected chi connectivity index (χ4v) is 3.96. The lowest BCUT2D eigenvalue weighted by Gasteiger charge is -2.22. The maximum absolute atomic E-state index is 5.25. The van der Waals surface area contributed by atoms with Crippen molar-refractivity contribution >= 4 is 10.9 Å². The minimum atomic E-state index is 0.688. The van der Waals surface area contributed by atoms with Crippen molar-refractivity contribution in [3.63, 3.8) is 0 Å². The minimum absolute atomic E-state index is 0.688. The van der Waals surface area contributed by atoms with Crippen LogP contribution in [0, 0.1) is 0 Å². The molecular formula is C22H26N2O. The van der Waals surface area contributed by atoms with Gasteiger partial charge in [0.25, 0.3) is 0 Å². The van der Waals surface area contributed by atoms with E-state index >= 15 is 0 Å². The summed E-state index contributed by atoms with van der Waals surface area (Å²) in [6.45, 7) is 3.28. The molecule has 0 saturated carbocycles. The number of aryl methyl sites for hydroxylation is 2. The zero-order chi connectivity index (χ0) is 17.1. The Bertz CT molecular complexity index is 829. The first kappa shape index (κ1) is 16.2. The van der Waals surface area contributed by atoms with E-state index in [1.165, 1.54) is 34.9 Å². The second-order valence-corrected chi connectivity index (χ2v) is 6.92. The van der Waals surface area contributed by atoms with Gasteiger partial charge in [-0.05, 0) is 67.6 Å². The molecule has 3 nitrogen and oxygen atoms in total. The van der Waals surface area contributed by atoms with Crippen molar-refractivity contribution in [2.24, 2.45) is 0 Å². The average Bonchev–Trinajstić information content (AvgIpc) is 3.06. The summed E-state index contributed by atoms with van der Waals surface area (Å²) in [6.07, 6.45) is 5.93. The van der Waals surface area contributed by atoms with Gasteiger partial charge < -0.3 is 14.6 Å². The standard InChI is InChI=1S/C22H26N2O/c1-25-19-8-6-17(7-9-19)12-15-24-16-21(18-10-13-23-14-11-18)20-4-2-3-5-22(20)24/h2-9,16,18,23H,10-15H2,1H3. The Labute approximate surface area is 149 Å². The van der Waals surface area contributed by atoms with Crippen molar-refractivity contribution in [1.29, 1.82) is 0 Å². The van der Waals surface area contributed by atoms with Gasteiger partial charge in [0.2, 0.25) is 0 Å². The Morgan fingerprint density at radius 1 is 1.04 bits per heavy atom. The molecule has 1 aliphatic heterocycles. The summed E-state index contributed by atoms with van der Waals surface area (Å²) in [7, 11) is 1.71. The maximum Gasteiger partial charge on any atom is 0.118 e. The van der Waals surface area contributed by atoms with E-state index in [0.29, 0.717) is 5.92 Å². The molecule has 1 aliphatic rings. The number of methoxy groups -OCH3 is 1. The number of nitrogens with one attached hydrogen (secondary N) is 1. The molecule has 0 unspecified atom stereocenters. The Morgan fingerprint density at radius 2 is 1.80 bits per heavy atom. The van der Waals surface area contributed by atoms with Gasteiger partial charge in [-0.25, -0.2) is 0 Å². The van der Waals surface area contributed by atoms with E-state index in [2.05, 4.69) is 52.5 Å². The molecule has 3 heteroatoms. The molecule has 0 radical (unpaired) electrons. The van der Waals surface area contributed by atoms with E-state index in [1.54, 1.807) is 7.11 Å². The summed E-state index contributed by atoms with van der Waals surface area (Å²) >= 11 is 0. The molecule has 25 heavy (non-hydrogen) atoms. The lowest BCUT2D eigenvalue weighted by Crippen LogP contribution is -2.26. The number of para-hydroxylation sites is 1. The zero-order valence-electron chi connectivity index (χ0n) is 14.9. The van der Waals surface area contributed by atoms with E-state index in [4.69, 9.17) is 4.74 Å². The summed E-state index contributed by atoms with van der Waals surface area (Å²) < 4.78 is 7.69. The maximum atomic E-state index is 5.25. The normalized spacial score (nSPS) is 15.6. The highest BCUT2D eigenvalue weighted by molar-refractivity contribution is 5.84. The monoisotopic (exact) mass is 334 g/mol. The van der Waals surface area contributed by atoms with Gasteiger partial charge in [-0.2, -0.15) is 0 Å². The number of ether oxygens (including phenoxy) is 1. The molecule has 1 aromatic heterocycles. The van der Waals surface area contributed by atoms with Crippen LogP contribution in [0.5, 0.6) is 5.75 Å². The predicted octanol–water partition coefficient (Wildman–Crippen LogP) is 4.36. The van der Waals surface area contributed by atoms with Crippen molar-refractivity contribution in [3.8, 4) is 5.75 Å². The van der Waals surface area contributed by atoms with Crippen LogP contribution in [0.2, 0.25) is 0 Å². The number of piperidine rings is 1. The van der Waals surface area contributed by atoms with E-state index in [0.717, 1.165) is 31.8 Å². The van der Waals surface area contributed by atoms with Crippen LogP contribution in [0.3, 0.4) is 0 Å². The first-order valence-corrected chi connectivity index (χ1v) is 9.26. The van der Waals surface area contributed by atoms with Crippen LogP contribution in [0.15, 0.2) is 54.7 Å². The van der Waals surface area contributed by atoms with Crippen LogP contribution in [0.25, 0.3) is 10.9 Å². The molecule has 130 valence electrons. The molecule has 0 bridgehead atoms. The van der Waals surface area contributed by atoms with Crippen molar-refractivity contribution < 1.29 is 4.74 Å². The first-order valence-electron chi connectivity index (χ1n) is 9.26. The lowest BCUT2D eigenvalue weighted by molar-refractivity contribution is 0.414. The average molecular weight is 334 g/mol. The summed E-state index contributed by atoms with van der Waals surface area (Å²) in [4.78, 5) is 0. The highest BCUT2D eigenvalue weighted by Gasteiger charge is 2.19. The summed E-state index contributed by atoms with van der Waals surface area (Å²) in [6, 6.07) is 17.3. The number of rotatable bonds is 5. The van der Waals surface area contributed by atoms with Crippen LogP contribution in [-0.2, 0) is 13.0 Å². The van der Waals surface area contributed by atoms with Crippen molar-refractivity contribution in [3.05, 3.63) is 65.9 Å². The summed E-state index contributed by atoms with van der Waals surface area (Å²) in [5, 5.41) is 4.91. The van der Waals surface area contributed by atoms with E-state index in [-0.39, 0.29) is 0 Å². The molecule has 0 amide bonds. The number of hydrogen-bond acceptors (Lipinski definition) is 2. The van der Waals surface area contributed by atoms with Crippen molar-refractivity contribution in [2.45, 2.75) is 31.7 Å². The van der Waals surface area contributed by atoms with Gasteiger partial charge in [0.1, 0.15) is 5.75 Å². The molecule has 2 aromatic carbocycles. The number of hydrogen-bond donors (Lipinski definition) is 1. The number of aromatic nitrogens is 1. The largest absolute Gasteiger partial charge is 0.497 e. The van der Waals surface area contributed by atoms with Crippen LogP contribution < -0.4 is 10.1 Å². The van der Waals surface area contributed by atoms with Crippen LogP contribution in [0.4, 0.5) is 0 Å². The fraction of sp³-hybridized carbons (Fsp3) is 0.364. The van der Waals surface area contributed by atoms with Gasteiger partial charge >= 0.3 is 0 Å². The highest BCUT2D eigenvalue weighted by Crippen LogP contribution is 2.33. The second-order valence-electron chi connectivity index (χ2n) is 6.92. The molecule has 1 saturated heterocycles. The fourth-order valence-electron chi connectivity index (χ4n) is 3.96. The number of benzene rings is 2. The lowest BCUT2D eigenvalue weighted by atomic mass is 9.90. The minimum Gasteiger partial charge on any atom is -0.497 e. The van der Waals surface area contributed by atoms with Crippen LogP contribution in [0.1, 0.15) is 29.9 Å². The smallest absolute Gasteiger partial charge is 0.118 e. The van der Waals surface area contributed by atoms with Crippen LogP contribution in [-0.4, -0.2) is 24.8 Å². The van der Waals surface area contributed by atoms with Gasteiger partial charge in [0.05, 0.1) is 7.11 Å². The summed E-state index contributed by atoms with van der Waals surface area (Å²) in [5.41, 5.74) is 4.25. The second kappa shape index (κ2) is 7.32. The Balaban J connectivity index is 1.58. The van der Waals surface area contributed by atoms with E-state index < -0.39 is 0 Å². The third kappa shape index (κ3) is 3.42. The third-order valence-corrected chi connectivity index (χ3v) is 5.40. The molecule has 1 N–H and O–H groups in total. The van der Waals surface area contributed by atoms with Gasteiger partial charge in [0.15, 0.2) is 0 Å². The molecule has 1 fully saturated rings. The quantitative estimate of drug-likeness (QED) is 0.750. The molecule has 0 atom stereocenters. The zero-order valence-corrected chi connectivity index (χ0v) is 14.9. The van der Waals surface area contributed by atoms with Gasteiger partial charge in [-0.15, -0.1) is 0 Å². The molecule has 3 aromatic rings. The van der Waals surface area contributed by atoms with E-state index in [9.17, 15) is 0 Å². The molecule has 4 rings (SSSR count). The van der Waals surface area contributed by atoms with Crippen LogP contribution >= 0.6 is 0 Å². The molecular weight excluding hydrogens is 308 g/mol. The number of nitrogens with zero attached hydrogens (tertiary/aromatic N) is 1. The number of fused-ring (bicyclic) bond motifs is 1. The molecule has 0 spiro atoms. The van der Waals surface area contributed by atoms with Gasteiger partial charge in [-0.3, -0.25) is 0 Å².